The zero-order valence-corrected chi connectivity index (χ0v) is 33.8. The molecule has 0 atom stereocenters. The van der Waals surface area contributed by atoms with E-state index in [1.807, 2.05) is 41.9 Å². The molecule has 0 aliphatic rings. The van der Waals surface area contributed by atoms with Gasteiger partial charge >= 0.3 is 0 Å². The predicted octanol–water partition coefficient (Wildman–Crippen LogP) is 15.0. The summed E-state index contributed by atoms with van der Waals surface area (Å²) in [5, 5.41) is 2.53. The zero-order chi connectivity index (χ0) is 40.5. The van der Waals surface area contributed by atoms with Crippen LogP contribution in [0.5, 0.6) is 0 Å². The standard InChI is InChI=1S/C56H36N4S/c1-3-10-37(11-4-1)39-21-29-44(30-22-39)54-58-55(45-31-23-40(24-32-45)38-12-5-2-6-13-38)60-56(59-54)46-33-27-43(28-34-46)49-16-8-18-51-50-17-7-15-48(52(50)61-53(49)51)42-25-19-41(20-26-42)47-14-9-35-57-36-47/h1-36H. The SMILES string of the molecule is c1ccc(-c2ccc(-c3nc(-c4ccc(-c5ccccc5)cc4)nc(-c4ccc(-c5cccc6c5sc5c(-c7ccc(-c8cccnc8)cc7)cccc56)cc4)n3)cc2)cc1. The molecule has 0 N–H and O–H groups in total. The predicted molar refractivity (Wildman–Crippen MR) is 254 cm³/mol. The lowest BCUT2D eigenvalue weighted by molar-refractivity contribution is 1.07. The number of thiophene rings is 1. The van der Waals surface area contributed by atoms with Crippen LogP contribution in [-0.4, -0.2) is 19.9 Å². The lowest BCUT2D eigenvalue weighted by Crippen LogP contribution is -2.00. The second-order valence-corrected chi connectivity index (χ2v) is 16.1. The number of hydrogen-bond donors (Lipinski definition) is 0. The van der Waals surface area contributed by atoms with Gasteiger partial charge in [0.05, 0.1) is 0 Å². The van der Waals surface area contributed by atoms with E-state index < -0.39 is 0 Å². The summed E-state index contributed by atoms with van der Waals surface area (Å²) in [7, 11) is 0. The maximum absolute atomic E-state index is 5.09. The first-order chi connectivity index (χ1) is 30.2. The van der Waals surface area contributed by atoms with Crippen molar-refractivity contribution >= 4 is 31.5 Å². The average Bonchev–Trinajstić information content (AvgIpc) is 3.74. The fraction of sp³-hybridized carbons (Fsp3) is 0. The van der Waals surface area contributed by atoms with E-state index in [4.69, 9.17) is 15.0 Å². The third kappa shape index (κ3) is 7.07. The number of nitrogens with zero attached hydrogens (tertiary/aromatic N) is 4. The summed E-state index contributed by atoms with van der Waals surface area (Å²) in [6.45, 7) is 0. The largest absolute Gasteiger partial charge is 0.264 e. The second kappa shape index (κ2) is 15.7. The van der Waals surface area contributed by atoms with Gasteiger partial charge in [-0.2, -0.15) is 0 Å². The van der Waals surface area contributed by atoms with Gasteiger partial charge in [0.25, 0.3) is 0 Å². The molecule has 11 aromatic rings. The summed E-state index contributed by atoms with van der Waals surface area (Å²) in [5.74, 6) is 1.90. The van der Waals surface area contributed by atoms with Crippen molar-refractivity contribution in [2.75, 3.05) is 0 Å². The van der Waals surface area contributed by atoms with Gasteiger partial charge in [0.2, 0.25) is 0 Å². The van der Waals surface area contributed by atoms with Gasteiger partial charge in [-0.15, -0.1) is 11.3 Å². The van der Waals surface area contributed by atoms with Gasteiger partial charge < -0.3 is 0 Å². The first-order valence-corrected chi connectivity index (χ1v) is 21.2. The Hall–Kier alpha value is -7.86. The van der Waals surface area contributed by atoms with Crippen LogP contribution in [0.15, 0.2) is 219 Å². The number of rotatable bonds is 8. The molecule has 4 nitrogen and oxygen atoms in total. The van der Waals surface area contributed by atoms with Crippen molar-refractivity contribution in [1.29, 1.82) is 0 Å². The van der Waals surface area contributed by atoms with Crippen molar-refractivity contribution in [1.82, 2.24) is 19.9 Å². The normalized spacial score (nSPS) is 11.3. The highest BCUT2D eigenvalue weighted by atomic mass is 32.1. The summed E-state index contributed by atoms with van der Waals surface area (Å²) in [6.07, 6.45) is 3.72. The van der Waals surface area contributed by atoms with E-state index >= 15 is 0 Å². The molecule has 3 heterocycles. The fourth-order valence-electron chi connectivity index (χ4n) is 8.10. The Morgan fingerprint density at radius 1 is 0.262 bits per heavy atom. The second-order valence-electron chi connectivity index (χ2n) is 15.1. The third-order valence-corrected chi connectivity index (χ3v) is 12.6. The van der Waals surface area contributed by atoms with Crippen molar-refractivity contribution in [2.45, 2.75) is 0 Å². The van der Waals surface area contributed by atoms with Crippen LogP contribution in [-0.2, 0) is 0 Å². The minimum absolute atomic E-state index is 0.630. The van der Waals surface area contributed by atoms with Crippen LogP contribution < -0.4 is 0 Å². The van der Waals surface area contributed by atoms with Crippen molar-refractivity contribution < 1.29 is 0 Å². The van der Waals surface area contributed by atoms with E-state index in [9.17, 15) is 0 Å². The van der Waals surface area contributed by atoms with E-state index in [1.54, 1.807) is 0 Å². The Bertz CT molecular complexity index is 3190. The summed E-state index contributed by atoms with van der Waals surface area (Å²) >= 11 is 1.86. The summed E-state index contributed by atoms with van der Waals surface area (Å²) in [4.78, 5) is 19.5. The Labute approximate surface area is 358 Å². The monoisotopic (exact) mass is 796 g/mol. The van der Waals surface area contributed by atoms with Gasteiger partial charge in [-0.25, -0.2) is 15.0 Å². The fourth-order valence-corrected chi connectivity index (χ4v) is 9.47. The lowest BCUT2D eigenvalue weighted by atomic mass is 9.98. The highest BCUT2D eigenvalue weighted by Crippen LogP contribution is 2.44. The molecule has 0 aliphatic heterocycles. The van der Waals surface area contributed by atoms with Crippen LogP contribution in [0, 0.1) is 0 Å². The molecule has 11 rings (SSSR count). The molecule has 0 bridgehead atoms. The number of hydrogen-bond acceptors (Lipinski definition) is 5. The Morgan fingerprint density at radius 2 is 0.607 bits per heavy atom. The Kier molecular flexibility index (Phi) is 9.34. The first kappa shape index (κ1) is 36.2. The van der Waals surface area contributed by atoms with Crippen LogP contribution in [0.2, 0.25) is 0 Å². The molecule has 0 aliphatic carbocycles. The minimum Gasteiger partial charge on any atom is -0.264 e. The summed E-state index contributed by atoms with van der Waals surface area (Å²) < 4.78 is 2.56. The van der Waals surface area contributed by atoms with E-state index in [-0.39, 0.29) is 0 Å². The minimum atomic E-state index is 0.630. The first-order valence-electron chi connectivity index (χ1n) is 20.4. The Morgan fingerprint density at radius 3 is 1.00 bits per heavy atom. The number of pyridine rings is 1. The molecule has 3 aromatic heterocycles. The van der Waals surface area contributed by atoms with Gasteiger partial charge in [0, 0.05) is 49.3 Å². The van der Waals surface area contributed by atoms with E-state index in [0.717, 1.165) is 44.5 Å². The van der Waals surface area contributed by atoms with E-state index in [2.05, 4.69) is 193 Å². The maximum atomic E-state index is 5.09. The van der Waals surface area contributed by atoms with Gasteiger partial charge in [0.1, 0.15) is 0 Å². The van der Waals surface area contributed by atoms with Crippen molar-refractivity contribution in [3.05, 3.63) is 219 Å². The average molecular weight is 797 g/mol. The highest BCUT2D eigenvalue weighted by Gasteiger charge is 2.16. The topological polar surface area (TPSA) is 51.6 Å². The van der Waals surface area contributed by atoms with Crippen LogP contribution in [0.1, 0.15) is 0 Å². The van der Waals surface area contributed by atoms with Gasteiger partial charge in [-0.3, -0.25) is 4.98 Å². The number of fused-ring (bicyclic) bond motifs is 3. The Balaban J connectivity index is 0.955. The molecule has 0 saturated heterocycles. The highest BCUT2D eigenvalue weighted by molar-refractivity contribution is 7.26. The van der Waals surface area contributed by atoms with Crippen LogP contribution >= 0.6 is 11.3 Å². The third-order valence-electron chi connectivity index (χ3n) is 11.3. The zero-order valence-electron chi connectivity index (χ0n) is 33.0. The number of benzene rings is 8. The maximum Gasteiger partial charge on any atom is 0.164 e. The number of aromatic nitrogens is 4. The quantitative estimate of drug-likeness (QED) is 0.154. The van der Waals surface area contributed by atoms with Gasteiger partial charge in [-0.05, 0) is 61.7 Å². The molecule has 61 heavy (non-hydrogen) atoms. The molecule has 0 saturated carbocycles. The smallest absolute Gasteiger partial charge is 0.164 e. The molecule has 286 valence electrons. The van der Waals surface area contributed by atoms with Crippen molar-refractivity contribution in [3.63, 3.8) is 0 Å². The van der Waals surface area contributed by atoms with E-state index in [0.29, 0.717) is 17.5 Å². The van der Waals surface area contributed by atoms with Crippen LogP contribution in [0.3, 0.4) is 0 Å². The van der Waals surface area contributed by atoms with Crippen molar-refractivity contribution in [3.8, 4) is 89.8 Å². The van der Waals surface area contributed by atoms with Crippen molar-refractivity contribution in [2.24, 2.45) is 0 Å². The summed E-state index contributed by atoms with van der Waals surface area (Å²) in [5.41, 5.74) is 14.5. The molecule has 0 unspecified atom stereocenters. The van der Waals surface area contributed by atoms with Gasteiger partial charge in [0.15, 0.2) is 17.5 Å². The lowest BCUT2D eigenvalue weighted by Gasteiger charge is -2.10. The molecule has 0 fully saturated rings. The van der Waals surface area contributed by atoms with E-state index in [1.165, 1.54) is 48.0 Å². The molecular formula is C56H36N4S. The molecule has 0 radical (unpaired) electrons. The molecule has 0 spiro atoms. The molecule has 0 amide bonds. The van der Waals surface area contributed by atoms with Gasteiger partial charge in [-0.1, -0.05) is 200 Å². The summed E-state index contributed by atoms with van der Waals surface area (Å²) in [6, 6.07) is 72.6. The molecule has 8 aromatic carbocycles. The molecular weight excluding hydrogens is 761 g/mol. The van der Waals surface area contributed by atoms with Crippen LogP contribution in [0.4, 0.5) is 0 Å². The van der Waals surface area contributed by atoms with Crippen LogP contribution in [0.25, 0.3) is 110 Å². The molecule has 5 heteroatoms.